The first-order valence-corrected chi connectivity index (χ1v) is 8.99. The van der Waals surface area contributed by atoms with Crippen LogP contribution in [0.25, 0.3) is 5.69 Å². The molecule has 2 saturated heterocycles. The van der Waals surface area contributed by atoms with Crippen molar-refractivity contribution in [3.63, 3.8) is 0 Å². The van der Waals surface area contributed by atoms with Crippen LogP contribution >= 0.6 is 11.6 Å². The molecule has 1 unspecified atom stereocenters. The predicted octanol–water partition coefficient (Wildman–Crippen LogP) is 0.859. The van der Waals surface area contributed by atoms with Crippen molar-refractivity contribution in [1.82, 2.24) is 29.9 Å². The Morgan fingerprint density at radius 1 is 1.30 bits per heavy atom. The third kappa shape index (κ3) is 2.93. The normalized spacial score (nSPS) is 19.3. The van der Waals surface area contributed by atoms with Crippen molar-refractivity contribution in [3.8, 4) is 5.69 Å². The minimum absolute atomic E-state index is 0.0463. The van der Waals surface area contributed by atoms with Gasteiger partial charge in [0.25, 0.3) is 11.8 Å². The molecule has 0 spiro atoms. The molecule has 27 heavy (non-hydrogen) atoms. The lowest BCUT2D eigenvalue weighted by Gasteiger charge is -2.34. The van der Waals surface area contributed by atoms with Gasteiger partial charge in [0.2, 0.25) is 5.82 Å². The third-order valence-corrected chi connectivity index (χ3v) is 5.04. The number of aromatic nitrogens is 3. The standard InChI is InChI=1S/C17H17ClN6O3/c1-2-13-19-14(21-24(13)11-6-4-3-5-10(11)18)16(26)22-7-8-23-12(9-22)15(25)20-17(23)27/h3-6,12H,2,7-9H2,1H3,(H,20,25,27). The number of para-hydroxylation sites is 1. The smallest absolute Gasteiger partial charge is 0.324 e. The van der Waals surface area contributed by atoms with Crippen LogP contribution in [0, 0.1) is 0 Å². The van der Waals surface area contributed by atoms with E-state index in [9.17, 15) is 14.4 Å². The summed E-state index contributed by atoms with van der Waals surface area (Å²) in [6.07, 6.45) is 0.568. The second-order valence-corrected chi connectivity index (χ2v) is 6.73. The number of piperazine rings is 1. The number of benzene rings is 1. The summed E-state index contributed by atoms with van der Waals surface area (Å²) in [5.74, 6) is -0.104. The average Bonchev–Trinajstić information content (AvgIpc) is 3.22. The van der Waals surface area contributed by atoms with E-state index in [0.29, 0.717) is 36.0 Å². The zero-order chi connectivity index (χ0) is 19.1. The van der Waals surface area contributed by atoms with Gasteiger partial charge in [-0.25, -0.2) is 14.5 Å². The lowest BCUT2D eigenvalue weighted by molar-refractivity contribution is -0.122. The highest BCUT2D eigenvalue weighted by Crippen LogP contribution is 2.22. The van der Waals surface area contributed by atoms with Crippen LogP contribution in [0.15, 0.2) is 24.3 Å². The molecule has 1 atom stereocenters. The fraction of sp³-hybridized carbons (Fsp3) is 0.353. The molecule has 2 aliphatic rings. The molecule has 140 valence electrons. The van der Waals surface area contributed by atoms with Gasteiger partial charge in [0.15, 0.2) is 0 Å². The van der Waals surface area contributed by atoms with Crippen molar-refractivity contribution in [2.24, 2.45) is 0 Å². The molecule has 2 aromatic rings. The van der Waals surface area contributed by atoms with Crippen LogP contribution in [0.1, 0.15) is 23.4 Å². The number of urea groups is 1. The van der Waals surface area contributed by atoms with E-state index in [1.54, 1.807) is 16.8 Å². The summed E-state index contributed by atoms with van der Waals surface area (Å²) in [7, 11) is 0. The molecule has 9 nitrogen and oxygen atoms in total. The third-order valence-electron chi connectivity index (χ3n) is 4.72. The highest BCUT2D eigenvalue weighted by Gasteiger charge is 2.43. The Kier molecular flexibility index (Phi) is 4.31. The van der Waals surface area contributed by atoms with E-state index in [4.69, 9.17) is 11.6 Å². The number of fused-ring (bicyclic) bond motifs is 1. The number of nitrogens with one attached hydrogen (secondary N) is 1. The van der Waals surface area contributed by atoms with Crippen LogP contribution in [0.5, 0.6) is 0 Å². The van der Waals surface area contributed by atoms with Crippen molar-refractivity contribution in [2.45, 2.75) is 19.4 Å². The Morgan fingerprint density at radius 2 is 2.07 bits per heavy atom. The van der Waals surface area contributed by atoms with Gasteiger partial charge >= 0.3 is 6.03 Å². The first-order chi connectivity index (χ1) is 13.0. The number of halogens is 1. The largest absolute Gasteiger partial charge is 0.331 e. The number of nitrogens with zero attached hydrogens (tertiary/aromatic N) is 5. The van der Waals surface area contributed by atoms with E-state index >= 15 is 0 Å². The Hall–Kier alpha value is -2.94. The Morgan fingerprint density at radius 3 is 2.81 bits per heavy atom. The molecule has 10 heteroatoms. The molecule has 2 fully saturated rings. The van der Waals surface area contributed by atoms with Crippen LogP contribution in [-0.4, -0.2) is 68.1 Å². The summed E-state index contributed by atoms with van der Waals surface area (Å²) < 4.78 is 1.57. The highest BCUT2D eigenvalue weighted by atomic mass is 35.5. The molecular weight excluding hydrogens is 372 g/mol. The Bertz CT molecular complexity index is 943. The van der Waals surface area contributed by atoms with E-state index in [0.717, 1.165) is 0 Å². The van der Waals surface area contributed by atoms with Gasteiger partial charge in [-0.05, 0) is 12.1 Å². The zero-order valence-electron chi connectivity index (χ0n) is 14.6. The number of hydrogen-bond acceptors (Lipinski definition) is 5. The summed E-state index contributed by atoms with van der Waals surface area (Å²) >= 11 is 6.25. The van der Waals surface area contributed by atoms with Gasteiger partial charge < -0.3 is 9.80 Å². The van der Waals surface area contributed by atoms with Gasteiger partial charge in [-0.1, -0.05) is 30.7 Å². The van der Waals surface area contributed by atoms with Crippen LogP contribution in [-0.2, 0) is 11.2 Å². The number of carbonyl (C=O) groups excluding carboxylic acids is 3. The molecule has 3 heterocycles. The molecule has 4 rings (SSSR count). The molecular formula is C17H17ClN6O3. The molecule has 0 bridgehead atoms. The molecule has 2 aliphatic heterocycles. The molecule has 1 aromatic carbocycles. The number of carbonyl (C=O) groups is 3. The first kappa shape index (κ1) is 17.5. The van der Waals surface area contributed by atoms with Gasteiger partial charge in [0.05, 0.1) is 17.3 Å². The summed E-state index contributed by atoms with van der Waals surface area (Å²) in [5, 5.41) is 7.13. The zero-order valence-corrected chi connectivity index (χ0v) is 15.3. The molecule has 4 amide bonds. The second kappa shape index (κ2) is 6.66. The van der Waals surface area contributed by atoms with Crippen LogP contribution < -0.4 is 5.32 Å². The lowest BCUT2D eigenvalue weighted by Crippen LogP contribution is -2.54. The number of imide groups is 1. The Balaban J connectivity index is 1.61. The summed E-state index contributed by atoms with van der Waals surface area (Å²) in [4.78, 5) is 43.8. The van der Waals surface area contributed by atoms with Crippen molar-refractivity contribution in [3.05, 3.63) is 40.9 Å². The number of amides is 4. The first-order valence-electron chi connectivity index (χ1n) is 8.61. The van der Waals surface area contributed by atoms with Crippen LogP contribution in [0.2, 0.25) is 5.02 Å². The van der Waals surface area contributed by atoms with E-state index in [-0.39, 0.29) is 24.2 Å². The van der Waals surface area contributed by atoms with E-state index < -0.39 is 12.1 Å². The molecule has 0 saturated carbocycles. The summed E-state index contributed by atoms with van der Waals surface area (Å²) in [6, 6.07) is 6.12. The van der Waals surface area contributed by atoms with Crippen molar-refractivity contribution < 1.29 is 14.4 Å². The van der Waals surface area contributed by atoms with Crippen molar-refractivity contribution in [1.29, 1.82) is 0 Å². The quantitative estimate of drug-likeness (QED) is 0.786. The fourth-order valence-electron chi connectivity index (χ4n) is 3.32. The van der Waals surface area contributed by atoms with Crippen molar-refractivity contribution in [2.75, 3.05) is 19.6 Å². The monoisotopic (exact) mass is 388 g/mol. The van der Waals surface area contributed by atoms with Crippen molar-refractivity contribution >= 4 is 29.4 Å². The molecule has 1 aromatic heterocycles. The van der Waals surface area contributed by atoms with E-state index in [1.807, 2.05) is 19.1 Å². The highest BCUT2D eigenvalue weighted by molar-refractivity contribution is 6.32. The van der Waals surface area contributed by atoms with Gasteiger partial charge in [-0.2, -0.15) is 0 Å². The minimum Gasteiger partial charge on any atom is -0.331 e. The maximum absolute atomic E-state index is 12.9. The van der Waals surface area contributed by atoms with E-state index in [1.165, 1.54) is 9.80 Å². The van der Waals surface area contributed by atoms with Crippen LogP contribution in [0.4, 0.5) is 4.79 Å². The molecule has 0 radical (unpaired) electrons. The second-order valence-electron chi connectivity index (χ2n) is 6.32. The number of aryl methyl sites for hydroxylation is 1. The average molecular weight is 389 g/mol. The molecule has 0 aliphatic carbocycles. The molecule has 1 N–H and O–H groups in total. The maximum atomic E-state index is 12.9. The number of rotatable bonds is 3. The predicted molar refractivity (Wildman–Crippen MR) is 95.7 cm³/mol. The summed E-state index contributed by atoms with van der Waals surface area (Å²) in [6.45, 7) is 2.65. The minimum atomic E-state index is -0.661. The fourth-order valence-corrected chi connectivity index (χ4v) is 3.53. The summed E-state index contributed by atoms with van der Waals surface area (Å²) in [5.41, 5.74) is 0.646. The van der Waals surface area contributed by atoms with E-state index in [2.05, 4.69) is 15.4 Å². The lowest BCUT2D eigenvalue weighted by atomic mass is 10.2. The van der Waals surface area contributed by atoms with Crippen LogP contribution in [0.3, 0.4) is 0 Å². The maximum Gasteiger partial charge on any atom is 0.324 e. The van der Waals surface area contributed by atoms with Gasteiger partial charge in [0, 0.05) is 19.5 Å². The van der Waals surface area contributed by atoms with Gasteiger partial charge in [0.1, 0.15) is 11.9 Å². The number of hydrogen-bond donors (Lipinski definition) is 1. The topological polar surface area (TPSA) is 100 Å². The SMILES string of the molecule is CCc1nc(C(=O)N2CCN3C(=O)NC(=O)C3C2)nn1-c1ccccc1Cl. The van der Waals surface area contributed by atoms with Gasteiger partial charge in [-0.15, -0.1) is 5.10 Å². The van der Waals surface area contributed by atoms with Gasteiger partial charge in [-0.3, -0.25) is 14.9 Å². The Labute approximate surface area is 159 Å².